The summed E-state index contributed by atoms with van der Waals surface area (Å²) >= 11 is 0. The lowest BCUT2D eigenvalue weighted by atomic mass is 10.1. The van der Waals surface area contributed by atoms with Crippen LogP contribution in [0.15, 0.2) is 17.0 Å². The van der Waals surface area contributed by atoms with Gasteiger partial charge in [0.15, 0.2) is 0 Å². The second-order valence-corrected chi connectivity index (χ2v) is 8.00. The maximum Gasteiger partial charge on any atom is 0.265 e. The third-order valence-corrected chi connectivity index (χ3v) is 4.72. The van der Waals surface area contributed by atoms with Gasteiger partial charge >= 0.3 is 0 Å². The van der Waals surface area contributed by atoms with E-state index >= 15 is 0 Å². The molecule has 0 heterocycles. The number of hydrogen-bond donors (Lipinski definition) is 0. The molecule has 0 saturated heterocycles. The third-order valence-electron chi connectivity index (χ3n) is 3.39. The molecule has 0 atom stereocenters. The molecule has 1 aromatic carbocycles. The Balaban J connectivity index is 2.63. The Morgan fingerprint density at radius 1 is 1.05 bits per heavy atom. The van der Waals surface area contributed by atoms with Gasteiger partial charge in [-0.25, -0.2) is 8.42 Å². The Labute approximate surface area is 133 Å². The van der Waals surface area contributed by atoms with Crippen molar-refractivity contribution in [3.05, 3.63) is 23.3 Å². The molecule has 0 aliphatic heterocycles. The Hall–Kier alpha value is -0.740. The van der Waals surface area contributed by atoms with E-state index in [9.17, 15) is 8.42 Å². The monoisotopic (exact) mass is 332 g/mol. The SMILES string of the molecule is CCCCCCCCOc1c(C)cc(C)cc1S(=O)(=O)Cl. The zero-order chi connectivity index (χ0) is 15.9. The van der Waals surface area contributed by atoms with Gasteiger partial charge in [0, 0.05) is 10.7 Å². The molecule has 3 nitrogen and oxygen atoms in total. The van der Waals surface area contributed by atoms with Crippen LogP contribution in [0.3, 0.4) is 0 Å². The van der Waals surface area contributed by atoms with Crippen LogP contribution in [0.1, 0.15) is 56.6 Å². The van der Waals surface area contributed by atoms with Crippen molar-refractivity contribution in [1.29, 1.82) is 0 Å². The van der Waals surface area contributed by atoms with Crippen molar-refractivity contribution in [2.75, 3.05) is 6.61 Å². The van der Waals surface area contributed by atoms with Crippen molar-refractivity contribution in [3.63, 3.8) is 0 Å². The topological polar surface area (TPSA) is 43.4 Å². The van der Waals surface area contributed by atoms with Crippen LogP contribution in [0.4, 0.5) is 0 Å². The highest BCUT2D eigenvalue weighted by atomic mass is 35.7. The van der Waals surface area contributed by atoms with E-state index in [0.29, 0.717) is 12.4 Å². The smallest absolute Gasteiger partial charge is 0.265 e. The maximum atomic E-state index is 11.7. The average molecular weight is 333 g/mol. The normalized spacial score (nSPS) is 11.6. The summed E-state index contributed by atoms with van der Waals surface area (Å²) < 4.78 is 29.0. The van der Waals surface area contributed by atoms with Gasteiger partial charge in [0.1, 0.15) is 10.6 Å². The number of hydrogen-bond acceptors (Lipinski definition) is 3. The summed E-state index contributed by atoms with van der Waals surface area (Å²) in [6.07, 6.45) is 6.99. The Morgan fingerprint density at radius 2 is 1.67 bits per heavy atom. The summed E-state index contributed by atoms with van der Waals surface area (Å²) in [6.45, 7) is 6.40. The molecule has 0 aliphatic carbocycles. The standard InChI is InChI=1S/C16H25ClO3S/c1-4-5-6-7-8-9-10-20-16-14(3)11-13(2)12-15(16)21(17,18)19/h11-12H,4-10H2,1-3H3. The van der Waals surface area contributed by atoms with Crippen molar-refractivity contribution >= 4 is 19.7 Å². The van der Waals surface area contributed by atoms with Crippen LogP contribution in [0.5, 0.6) is 5.75 Å². The van der Waals surface area contributed by atoms with E-state index in [1.54, 1.807) is 6.07 Å². The molecule has 1 aromatic rings. The Kier molecular flexibility index (Phi) is 7.53. The Morgan fingerprint density at radius 3 is 2.29 bits per heavy atom. The first-order valence-corrected chi connectivity index (χ1v) is 9.86. The molecule has 0 fully saturated rings. The lowest BCUT2D eigenvalue weighted by Gasteiger charge is -2.13. The first-order chi connectivity index (χ1) is 9.86. The van der Waals surface area contributed by atoms with Gasteiger partial charge in [-0.1, -0.05) is 45.1 Å². The summed E-state index contributed by atoms with van der Waals surface area (Å²) in [5.41, 5.74) is 1.67. The molecule has 1 rings (SSSR count). The van der Waals surface area contributed by atoms with Crippen LogP contribution in [0.2, 0.25) is 0 Å². The molecule has 21 heavy (non-hydrogen) atoms. The fourth-order valence-corrected chi connectivity index (χ4v) is 3.45. The minimum absolute atomic E-state index is 0.0765. The number of halogens is 1. The Bertz CT molecular complexity index is 553. The van der Waals surface area contributed by atoms with Crippen molar-refractivity contribution < 1.29 is 13.2 Å². The number of rotatable bonds is 9. The van der Waals surface area contributed by atoms with Crippen LogP contribution >= 0.6 is 10.7 Å². The largest absolute Gasteiger partial charge is 0.492 e. The first kappa shape index (κ1) is 18.3. The molecular formula is C16H25ClO3S. The van der Waals surface area contributed by atoms with Gasteiger partial charge in [0.2, 0.25) is 0 Å². The number of aryl methyl sites for hydroxylation is 2. The number of benzene rings is 1. The quantitative estimate of drug-likeness (QED) is 0.473. The van der Waals surface area contributed by atoms with Gasteiger partial charge in [0.05, 0.1) is 6.61 Å². The summed E-state index contributed by atoms with van der Waals surface area (Å²) in [4.78, 5) is 0.0765. The van der Waals surface area contributed by atoms with Crippen LogP contribution in [0.25, 0.3) is 0 Å². The van der Waals surface area contributed by atoms with E-state index in [2.05, 4.69) is 6.92 Å². The molecule has 0 saturated carbocycles. The highest BCUT2D eigenvalue weighted by Crippen LogP contribution is 2.31. The third kappa shape index (κ3) is 6.27. The van der Waals surface area contributed by atoms with Crippen LogP contribution in [0, 0.1) is 13.8 Å². The van der Waals surface area contributed by atoms with E-state index in [-0.39, 0.29) is 4.90 Å². The summed E-state index contributed by atoms with van der Waals surface area (Å²) in [7, 11) is 1.71. The van der Waals surface area contributed by atoms with Crippen LogP contribution in [-0.4, -0.2) is 15.0 Å². The molecule has 0 N–H and O–H groups in total. The van der Waals surface area contributed by atoms with Crippen molar-refractivity contribution in [1.82, 2.24) is 0 Å². The van der Waals surface area contributed by atoms with Crippen LogP contribution < -0.4 is 4.74 Å². The maximum absolute atomic E-state index is 11.7. The minimum Gasteiger partial charge on any atom is -0.492 e. The molecule has 0 radical (unpaired) electrons. The number of ether oxygens (including phenoxy) is 1. The molecule has 0 unspecified atom stereocenters. The van der Waals surface area contributed by atoms with Crippen LogP contribution in [-0.2, 0) is 9.05 Å². The van der Waals surface area contributed by atoms with E-state index in [1.807, 2.05) is 19.9 Å². The predicted molar refractivity (Wildman–Crippen MR) is 87.8 cm³/mol. The van der Waals surface area contributed by atoms with Gasteiger partial charge in [-0.2, -0.15) is 0 Å². The van der Waals surface area contributed by atoms with E-state index < -0.39 is 9.05 Å². The zero-order valence-corrected chi connectivity index (χ0v) is 14.7. The zero-order valence-electron chi connectivity index (χ0n) is 13.1. The van der Waals surface area contributed by atoms with Gasteiger partial charge in [-0.05, 0) is 37.5 Å². The highest BCUT2D eigenvalue weighted by molar-refractivity contribution is 8.13. The van der Waals surface area contributed by atoms with Crippen molar-refractivity contribution in [2.45, 2.75) is 64.2 Å². The molecule has 120 valence electrons. The second-order valence-electron chi connectivity index (χ2n) is 5.46. The molecular weight excluding hydrogens is 308 g/mol. The molecule has 0 bridgehead atoms. The number of unbranched alkanes of at least 4 members (excludes halogenated alkanes) is 5. The highest BCUT2D eigenvalue weighted by Gasteiger charge is 2.19. The lowest BCUT2D eigenvalue weighted by Crippen LogP contribution is -2.04. The second kappa shape index (κ2) is 8.64. The molecule has 0 aromatic heterocycles. The van der Waals surface area contributed by atoms with E-state index in [4.69, 9.17) is 15.4 Å². The van der Waals surface area contributed by atoms with Gasteiger partial charge in [0.25, 0.3) is 9.05 Å². The van der Waals surface area contributed by atoms with E-state index in [1.165, 1.54) is 25.7 Å². The first-order valence-electron chi connectivity index (χ1n) is 7.55. The molecule has 0 spiro atoms. The van der Waals surface area contributed by atoms with E-state index in [0.717, 1.165) is 24.0 Å². The summed E-state index contributed by atoms with van der Waals surface area (Å²) in [6, 6.07) is 3.47. The van der Waals surface area contributed by atoms with Gasteiger partial charge < -0.3 is 4.74 Å². The molecule has 0 aliphatic rings. The predicted octanol–water partition coefficient (Wildman–Crippen LogP) is 4.97. The minimum atomic E-state index is -3.79. The average Bonchev–Trinajstić information content (AvgIpc) is 2.38. The van der Waals surface area contributed by atoms with Crippen molar-refractivity contribution in [2.24, 2.45) is 0 Å². The summed E-state index contributed by atoms with van der Waals surface area (Å²) in [5, 5.41) is 0. The molecule has 5 heteroatoms. The lowest BCUT2D eigenvalue weighted by molar-refractivity contribution is 0.295. The fourth-order valence-electron chi connectivity index (χ4n) is 2.34. The van der Waals surface area contributed by atoms with Gasteiger partial charge in [-0.3, -0.25) is 0 Å². The fraction of sp³-hybridized carbons (Fsp3) is 0.625. The molecule has 0 amide bonds. The van der Waals surface area contributed by atoms with Crippen molar-refractivity contribution in [3.8, 4) is 5.75 Å². The van der Waals surface area contributed by atoms with Gasteiger partial charge in [-0.15, -0.1) is 0 Å². The summed E-state index contributed by atoms with van der Waals surface area (Å²) in [5.74, 6) is 0.393.